The predicted molar refractivity (Wildman–Crippen MR) is 88.5 cm³/mol. The molecule has 0 saturated carbocycles. The van der Waals surface area contributed by atoms with Crippen molar-refractivity contribution in [2.45, 2.75) is 6.92 Å². The van der Waals surface area contributed by atoms with Crippen molar-refractivity contribution >= 4 is 29.0 Å². The molecule has 0 bridgehead atoms. The summed E-state index contributed by atoms with van der Waals surface area (Å²) in [7, 11) is 0. The number of carbonyl (C=O) groups is 3. The SMILES string of the molecule is CC(=O)c1ccccc1NC(=O)CNc1ccc(C(N)=O)cc1. The highest BCUT2D eigenvalue weighted by Crippen LogP contribution is 2.15. The molecule has 0 spiro atoms. The van der Waals surface area contributed by atoms with Gasteiger partial charge in [-0.05, 0) is 43.3 Å². The minimum Gasteiger partial charge on any atom is -0.376 e. The predicted octanol–water partition coefficient (Wildman–Crippen LogP) is 2.04. The molecule has 0 aliphatic heterocycles. The van der Waals surface area contributed by atoms with Gasteiger partial charge in [-0.2, -0.15) is 0 Å². The molecule has 4 N–H and O–H groups in total. The van der Waals surface area contributed by atoms with Crippen molar-refractivity contribution in [3.8, 4) is 0 Å². The highest BCUT2D eigenvalue weighted by Gasteiger charge is 2.09. The number of amides is 2. The fraction of sp³-hybridized carbons (Fsp3) is 0.118. The van der Waals surface area contributed by atoms with Crippen LogP contribution in [0, 0.1) is 0 Å². The first-order chi connectivity index (χ1) is 11.0. The maximum absolute atomic E-state index is 12.0. The van der Waals surface area contributed by atoms with Gasteiger partial charge in [0, 0.05) is 16.8 Å². The van der Waals surface area contributed by atoms with Crippen LogP contribution < -0.4 is 16.4 Å². The van der Waals surface area contributed by atoms with E-state index in [0.717, 1.165) is 0 Å². The first kappa shape index (κ1) is 16.2. The maximum Gasteiger partial charge on any atom is 0.248 e. The van der Waals surface area contributed by atoms with E-state index in [1.807, 2.05) is 0 Å². The summed E-state index contributed by atoms with van der Waals surface area (Å²) < 4.78 is 0. The minimum absolute atomic E-state index is 0.0299. The van der Waals surface area contributed by atoms with E-state index in [1.165, 1.54) is 6.92 Å². The molecule has 2 amide bonds. The van der Waals surface area contributed by atoms with E-state index in [4.69, 9.17) is 5.73 Å². The summed E-state index contributed by atoms with van der Waals surface area (Å²) in [6.45, 7) is 1.48. The molecule has 0 unspecified atom stereocenters. The Morgan fingerprint density at radius 1 is 1.00 bits per heavy atom. The molecule has 0 aromatic heterocycles. The Morgan fingerprint density at radius 2 is 1.65 bits per heavy atom. The van der Waals surface area contributed by atoms with Gasteiger partial charge in [-0.3, -0.25) is 14.4 Å². The summed E-state index contributed by atoms with van der Waals surface area (Å²) >= 11 is 0. The van der Waals surface area contributed by atoms with E-state index >= 15 is 0 Å². The topological polar surface area (TPSA) is 101 Å². The second kappa shape index (κ2) is 7.22. The third kappa shape index (κ3) is 4.41. The summed E-state index contributed by atoms with van der Waals surface area (Å²) in [5.74, 6) is -0.899. The largest absolute Gasteiger partial charge is 0.376 e. The maximum atomic E-state index is 12.0. The van der Waals surface area contributed by atoms with Crippen LogP contribution in [0.5, 0.6) is 0 Å². The summed E-state index contributed by atoms with van der Waals surface area (Å²) in [4.78, 5) is 34.5. The van der Waals surface area contributed by atoms with Crippen LogP contribution in [0.2, 0.25) is 0 Å². The molecule has 6 heteroatoms. The fourth-order valence-corrected chi connectivity index (χ4v) is 2.03. The average molecular weight is 311 g/mol. The highest BCUT2D eigenvalue weighted by molar-refractivity contribution is 6.04. The normalized spacial score (nSPS) is 9.96. The van der Waals surface area contributed by atoms with E-state index in [0.29, 0.717) is 22.5 Å². The standard InChI is InChI=1S/C17H17N3O3/c1-11(21)14-4-2-3-5-15(14)20-16(22)10-19-13-8-6-12(7-9-13)17(18)23/h2-9,19H,10H2,1H3,(H2,18,23)(H,20,22). The first-order valence-corrected chi connectivity index (χ1v) is 7.01. The second-order valence-corrected chi connectivity index (χ2v) is 4.95. The number of benzene rings is 2. The van der Waals surface area contributed by atoms with E-state index < -0.39 is 5.91 Å². The zero-order chi connectivity index (χ0) is 16.8. The number of nitrogens with one attached hydrogen (secondary N) is 2. The minimum atomic E-state index is -0.505. The van der Waals surface area contributed by atoms with Gasteiger partial charge >= 0.3 is 0 Å². The Kier molecular flexibility index (Phi) is 5.09. The number of Topliss-reactive ketones (excluding diaryl/α,β-unsaturated/α-hetero) is 1. The number of hydrogen-bond acceptors (Lipinski definition) is 4. The third-order valence-electron chi connectivity index (χ3n) is 3.20. The van der Waals surface area contributed by atoms with E-state index in [2.05, 4.69) is 10.6 Å². The highest BCUT2D eigenvalue weighted by atomic mass is 16.2. The number of ketones is 1. The van der Waals surface area contributed by atoms with Crippen molar-refractivity contribution in [1.82, 2.24) is 0 Å². The van der Waals surface area contributed by atoms with Crippen molar-refractivity contribution in [3.63, 3.8) is 0 Å². The number of carbonyl (C=O) groups excluding carboxylic acids is 3. The van der Waals surface area contributed by atoms with Crippen molar-refractivity contribution < 1.29 is 14.4 Å². The Morgan fingerprint density at radius 3 is 2.26 bits per heavy atom. The molecular formula is C17H17N3O3. The van der Waals surface area contributed by atoms with Crippen LogP contribution in [0.3, 0.4) is 0 Å². The monoisotopic (exact) mass is 311 g/mol. The van der Waals surface area contributed by atoms with Crippen LogP contribution in [0.4, 0.5) is 11.4 Å². The number of nitrogens with two attached hydrogens (primary N) is 1. The van der Waals surface area contributed by atoms with E-state index in [1.54, 1.807) is 48.5 Å². The lowest BCUT2D eigenvalue weighted by atomic mass is 10.1. The Bertz CT molecular complexity index is 739. The molecule has 23 heavy (non-hydrogen) atoms. The Labute approximate surface area is 133 Å². The number of para-hydroxylation sites is 1. The van der Waals surface area contributed by atoms with Crippen molar-refractivity contribution in [1.29, 1.82) is 0 Å². The van der Waals surface area contributed by atoms with Gasteiger partial charge in [0.2, 0.25) is 11.8 Å². The lowest BCUT2D eigenvalue weighted by molar-refractivity contribution is -0.114. The Balaban J connectivity index is 1.95. The van der Waals surface area contributed by atoms with Gasteiger partial charge in [0.1, 0.15) is 0 Å². The van der Waals surface area contributed by atoms with Gasteiger partial charge in [-0.25, -0.2) is 0 Å². The lowest BCUT2D eigenvalue weighted by Gasteiger charge is -2.10. The molecular weight excluding hydrogens is 294 g/mol. The van der Waals surface area contributed by atoms with Crippen LogP contribution >= 0.6 is 0 Å². The van der Waals surface area contributed by atoms with Crippen LogP contribution in [-0.2, 0) is 4.79 Å². The van der Waals surface area contributed by atoms with Gasteiger partial charge < -0.3 is 16.4 Å². The van der Waals surface area contributed by atoms with Gasteiger partial charge in [0.15, 0.2) is 5.78 Å². The summed E-state index contributed by atoms with van der Waals surface area (Å²) in [6.07, 6.45) is 0. The molecule has 2 aromatic carbocycles. The summed E-state index contributed by atoms with van der Waals surface area (Å²) in [5, 5.41) is 5.63. The lowest BCUT2D eigenvalue weighted by Crippen LogP contribution is -2.22. The molecule has 118 valence electrons. The van der Waals surface area contributed by atoms with Crippen molar-refractivity contribution in [3.05, 3.63) is 59.7 Å². The summed E-state index contributed by atoms with van der Waals surface area (Å²) in [6, 6.07) is 13.3. The molecule has 0 saturated heterocycles. The summed E-state index contributed by atoms with van der Waals surface area (Å²) in [5.41, 5.74) is 7.19. The number of hydrogen-bond donors (Lipinski definition) is 3. The van der Waals surface area contributed by atoms with Crippen LogP contribution in [-0.4, -0.2) is 24.1 Å². The number of primary amides is 1. The molecule has 0 fully saturated rings. The van der Waals surface area contributed by atoms with Crippen molar-refractivity contribution in [2.75, 3.05) is 17.2 Å². The van der Waals surface area contributed by atoms with E-state index in [9.17, 15) is 14.4 Å². The van der Waals surface area contributed by atoms with Crippen molar-refractivity contribution in [2.24, 2.45) is 5.73 Å². The zero-order valence-corrected chi connectivity index (χ0v) is 12.6. The average Bonchev–Trinajstić information content (AvgIpc) is 2.53. The molecule has 2 aromatic rings. The second-order valence-electron chi connectivity index (χ2n) is 4.95. The molecule has 6 nitrogen and oxygen atoms in total. The molecule has 0 radical (unpaired) electrons. The Hall–Kier alpha value is -3.15. The molecule has 0 atom stereocenters. The number of rotatable bonds is 6. The molecule has 0 aliphatic carbocycles. The van der Waals surface area contributed by atoms with Crippen LogP contribution in [0.15, 0.2) is 48.5 Å². The van der Waals surface area contributed by atoms with Crippen LogP contribution in [0.25, 0.3) is 0 Å². The van der Waals surface area contributed by atoms with Gasteiger partial charge in [-0.1, -0.05) is 12.1 Å². The van der Waals surface area contributed by atoms with Gasteiger partial charge in [-0.15, -0.1) is 0 Å². The molecule has 0 aliphatic rings. The molecule has 0 heterocycles. The first-order valence-electron chi connectivity index (χ1n) is 7.01. The third-order valence-corrected chi connectivity index (χ3v) is 3.20. The smallest absolute Gasteiger partial charge is 0.248 e. The van der Waals surface area contributed by atoms with Crippen LogP contribution in [0.1, 0.15) is 27.6 Å². The quantitative estimate of drug-likeness (QED) is 0.710. The van der Waals surface area contributed by atoms with E-state index in [-0.39, 0.29) is 18.2 Å². The number of anilines is 2. The zero-order valence-electron chi connectivity index (χ0n) is 12.6. The molecule has 2 rings (SSSR count). The van der Waals surface area contributed by atoms with Gasteiger partial charge in [0.25, 0.3) is 0 Å². The fourth-order valence-electron chi connectivity index (χ4n) is 2.03. The van der Waals surface area contributed by atoms with Gasteiger partial charge in [0.05, 0.1) is 12.2 Å².